The lowest BCUT2D eigenvalue weighted by atomic mass is 9.78. The van der Waals surface area contributed by atoms with Crippen molar-refractivity contribution in [1.29, 1.82) is 0 Å². The summed E-state index contributed by atoms with van der Waals surface area (Å²) in [5.74, 6) is -1.73. The molecule has 0 spiro atoms. The predicted molar refractivity (Wildman–Crippen MR) is 156 cm³/mol. The molecule has 3 aromatic rings. The van der Waals surface area contributed by atoms with Gasteiger partial charge in [-0.25, -0.2) is 17.2 Å². The standard InChI is InChI=1S/C33H33F5N2O4S/c1-39-16-13-21(14-17-39)31(41)40-18-15-32(45(42,43)25-9-6-23(34)7-10-25)27-11-8-24(19-22(27)5-12-30(32)40)44-20-26-28(33(36,37)38)3-2-4-29(26)35/h2-4,6-11,19,21,30H,5,12-18,20H2,1H3/t30-,32-/m1/s1. The maximum absolute atomic E-state index is 14.6. The van der Waals surface area contributed by atoms with Crippen LogP contribution in [0, 0.1) is 17.6 Å². The van der Waals surface area contributed by atoms with Gasteiger partial charge in [-0.3, -0.25) is 4.79 Å². The quantitative estimate of drug-likeness (QED) is 0.238. The Kier molecular flexibility index (Phi) is 8.18. The summed E-state index contributed by atoms with van der Waals surface area (Å²) >= 11 is 0. The average molecular weight is 649 g/mol. The molecular formula is C33H33F5N2O4S. The number of ether oxygens (including phenoxy) is 1. The fourth-order valence-electron chi connectivity index (χ4n) is 7.30. The van der Waals surface area contributed by atoms with E-state index in [0.717, 1.165) is 43.4 Å². The van der Waals surface area contributed by atoms with Gasteiger partial charge in [-0.2, -0.15) is 13.2 Å². The third-order valence-corrected chi connectivity index (χ3v) is 12.2. The zero-order valence-electron chi connectivity index (χ0n) is 24.6. The number of nitrogens with zero attached hydrogens (tertiary/aromatic N) is 2. The van der Waals surface area contributed by atoms with Gasteiger partial charge in [0.2, 0.25) is 5.91 Å². The maximum atomic E-state index is 14.6. The Morgan fingerprint density at radius 3 is 2.38 bits per heavy atom. The van der Waals surface area contributed by atoms with E-state index in [2.05, 4.69) is 4.90 Å². The lowest BCUT2D eigenvalue weighted by Crippen LogP contribution is -2.53. The Bertz CT molecular complexity index is 1700. The topological polar surface area (TPSA) is 66.9 Å². The number of carbonyl (C=O) groups excluding carboxylic acids is 1. The average Bonchev–Trinajstić information content (AvgIpc) is 3.42. The largest absolute Gasteiger partial charge is 0.489 e. The lowest BCUT2D eigenvalue weighted by molar-refractivity contribution is -0.139. The second-order valence-electron chi connectivity index (χ2n) is 12.1. The lowest BCUT2D eigenvalue weighted by Gasteiger charge is -2.43. The van der Waals surface area contributed by atoms with Gasteiger partial charge < -0.3 is 14.5 Å². The van der Waals surface area contributed by atoms with Crippen LogP contribution in [0.25, 0.3) is 0 Å². The molecule has 0 unspecified atom stereocenters. The van der Waals surface area contributed by atoms with E-state index in [1.54, 1.807) is 17.0 Å². The zero-order chi connectivity index (χ0) is 32.1. The highest BCUT2D eigenvalue weighted by atomic mass is 32.2. The van der Waals surface area contributed by atoms with Gasteiger partial charge >= 0.3 is 6.18 Å². The number of hydrogen-bond acceptors (Lipinski definition) is 5. The first-order valence-electron chi connectivity index (χ1n) is 14.9. The van der Waals surface area contributed by atoms with Crippen LogP contribution in [0.3, 0.4) is 0 Å². The van der Waals surface area contributed by atoms with Gasteiger partial charge in [0.25, 0.3) is 0 Å². The molecule has 2 heterocycles. The van der Waals surface area contributed by atoms with Crippen LogP contribution >= 0.6 is 0 Å². The maximum Gasteiger partial charge on any atom is 0.416 e. The van der Waals surface area contributed by atoms with E-state index < -0.39 is 56.2 Å². The summed E-state index contributed by atoms with van der Waals surface area (Å²) < 4.78 is 102. The van der Waals surface area contributed by atoms with E-state index in [4.69, 9.17) is 4.74 Å². The Morgan fingerprint density at radius 2 is 1.69 bits per heavy atom. The third kappa shape index (κ3) is 5.49. The second kappa shape index (κ2) is 11.7. The van der Waals surface area contributed by atoms with Crippen LogP contribution in [0.2, 0.25) is 0 Å². The first-order chi connectivity index (χ1) is 21.3. The van der Waals surface area contributed by atoms with Crippen molar-refractivity contribution in [2.75, 3.05) is 26.7 Å². The van der Waals surface area contributed by atoms with Gasteiger partial charge in [0.15, 0.2) is 9.84 Å². The van der Waals surface area contributed by atoms with E-state index >= 15 is 0 Å². The molecule has 0 saturated carbocycles. The third-order valence-electron chi connectivity index (χ3n) is 9.62. The number of hydrogen-bond donors (Lipinski definition) is 0. The fraction of sp³-hybridized carbons (Fsp3) is 0.424. The number of amides is 1. The molecule has 45 heavy (non-hydrogen) atoms. The van der Waals surface area contributed by atoms with Crippen molar-refractivity contribution in [3.63, 3.8) is 0 Å². The van der Waals surface area contributed by atoms with Crippen LogP contribution in [-0.2, 0) is 38.6 Å². The molecule has 0 radical (unpaired) electrons. The number of likely N-dealkylation sites (tertiary alicyclic amines) is 2. The van der Waals surface area contributed by atoms with Crippen molar-refractivity contribution in [2.24, 2.45) is 5.92 Å². The number of aryl methyl sites for hydroxylation is 1. The Balaban J connectivity index is 1.37. The minimum Gasteiger partial charge on any atom is -0.489 e. The Morgan fingerprint density at radius 1 is 0.978 bits per heavy atom. The zero-order valence-corrected chi connectivity index (χ0v) is 25.4. The molecule has 2 atom stereocenters. The van der Waals surface area contributed by atoms with Gasteiger partial charge in [-0.05, 0) is 112 Å². The van der Waals surface area contributed by atoms with Crippen molar-refractivity contribution >= 4 is 15.7 Å². The highest BCUT2D eigenvalue weighted by molar-refractivity contribution is 7.92. The van der Waals surface area contributed by atoms with Crippen molar-refractivity contribution < 1.29 is 39.9 Å². The SMILES string of the molecule is CN1CCC(C(=O)N2CC[C@@]3(S(=O)(=O)c4ccc(F)cc4)c4ccc(OCc5c(F)cccc5C(F)(F)F)cc4CC[C@@H]23)CC1. The molecule has 1 amide bonds. The number of sulfone groups is 1. The number of piperidine rings is 1. The van der Waals surface area contributed by atoms with Crippen LogP contribution in [-0.4, -0.2) is 56.8 Å². The number of alkyl halides is 3. The first kappa shape index (κ1) is 31.5. The summed E-state index contributed by atoms with van der Waals surface area (Å²) in [6, 6.07) is 11.3. The van der Waals surface area contributed by atoms with E-state index in [-0.39, 0.29) is 35.4 Å². The smallest absolute Gasteiger partial charge is 0.416 e. The summed E-state index contributed by atoms with van der Waals surface area (Å²) in [6.45, 7) is 1.11. The molecule has 3 aliphatic rings. The van der Waals surface area contributed by atoms with Crippen molar-refractivity contribution in [2.45, 2.75) is 60.6 Å². The molecule has 1 aliphatic carbocycles. The molecule has 3 aromatic carbocycles. The normalized spacial score (nSPS) is 22.6. The van der Waals surface area contributed by atoms with Crippen LogP contribution in [0.15, 0.2) is 65.6 Å². The number of fused-ring (bicyclic) bond motifs is 3. The number of rotatable bonds is 6. The Hall–Kier alpha value is -3.51. The molecule has 240 valence electrons. The van der Waals surface area contributed by atoms with Crippen LogP contribution in [0.4, 0.5) is 22.0 Å². The second-order valence-corrected chi connectivity index (χ2v) is 14.3. The molecule has 2 fully saturated rings. The van der Waals surface area contributed by atoms with Gasteiger partial charge in [0, 0.05) is 18.0 Å². The number of halogens is 5. The van der Waals surface area contributed by atoms with Crippen molar-refractivity contribution in [3.8, 4) is 5.75 Å². The minimum atomic E-state index is -4.77. The van der Waals surface area contributed by atoms with Gasteiger partial charge in [-0.15, -0.1) is 0 Å². The number of benzene rings is 3. The highest BCUT2D eigenvalue weighted by Crippen LogP contribution is 2.53. The summed E-state index contributed by atoms with van der Waals surface area (Å²) in [6.07, 6.45) is -2.54. The van der Waals surface area contributed by atoms with Crippen LogP contribution < -0.4 is 4.74 Å². The molecule has 0 N–H and O–H groups in total. The van der Waals surface area contributed by atoms with Crippen molar-refractivity contribution in [1.82, 2.24) is 9.80 Å². The summed E-state index contributed by atoms with van der Waals surface area (Å²) in [5, 5.41) is 0. The van der Waals surface area contributed by atoms with Gasteiger partial charge in [-0.1, -0.05) is 12.1 Å². The van der Waals surface area contributed by atoms with E-state index in [1.807, 2.05) is 7.05 Å². The van der Waals surface area contributed by atoms with Crippen LogP contribution in [0.5, 0.6) is 5.75 Å². The Labute approximate surface area is 258 Å². The van der Waals surface area contributed by atoms with Crippen molar-refractivity contribution in [3.05, 3.63) is 94.6 Å². The summed E-state index contributed by atoms with van der Waals surface area (Å²) in [5.41, 5.74) is -0.659. The first-order valence-corrected chi connectivity index (χ1v) is 16.4. The predicted octanol–water partition coefficient (Wildman–Crippen LogP) is 6.12. The summed E-state index contributed by atoms with van der Waals surface area (Å²) in [7, 11) is -2.18. The van der Waals surface area contributed by atoms with E-state index in [0.29, 0.717) is 36.8 Å². The van der Waals surface area contributed by atoms with E-state index in [1.165, 1.54) is 18.2 Å². The fourth-order valence-corrected chi connectivity index (χ4v) is 9.67. The molecule has 0 aromatic heterocycles. The molecule has 12 heteroatoms. The molecule has 2 aliphatic heterocycles. The summed E-state index contributed by atoms with van der Waals surface area (Å²) in [4.78, 5) is 17.7. The number of carbonyl (C=O) groups is 1. The highest BCUT2D eigenvalue weighted by Gasteiger charge is 2.61. The molecule has 0 bridgehead atoms. The molecule has 6 rings (SSSR count). The monoisotopic (exact) mass is 648 g/mol. The molecule has 2 saturated heterocycles. The van der Waals surface area contributed by atoms with Gasteiger partial charge in [0.1, 0.15) is 28.7 Å². The van der Waals surface area contributed by atoms with Crippen LogP contribution in [0.1, 0.15) is 47.9 Å². The van der Waals surface area contributed by atoms with Gasteiger partial charge in [0.05, 0.1) is 16.5 Å². The minimum absolute atomic E-state index is 0.0574. The molecular weight excluding hydrogens is 615 g/mol. The molecule has 6 nitrogen and oxygen atoms in total. The van der Waals surface area contributed by atoms with E-state index in [9.17, 15) is 35.2 Å².